The van der Waals surface area contributed by atoms with Gasteiger partial charge in [0.15, 0.2) is 4.80 Å². The lowest BCUT2D eigenvalue weighted by molar-refractivity contribution is -0.113. The monoisotopic (exact) mass is 559 g/mol. The third kappa shape index (κ3) is 5.39. The molecule has 0 unspecified atom stereocenters. The van der Waals surface area contributed by atoms with Crippen LogP contribution < -0.4 is 29.7 Å². The third-order valence-electron chi connectivity index (χ3n) is 6.27. The highest BCUT2D eigenvalue weighted by atomic mass is 35.5. The quantitative estimate of drug-likeness (QED) is 0.348. The molecule has 0 radical (unpaired) electrons. The summed E-state index contributed by atoms with van der Waals surface area (Å²) in [5, 5.41) is 3.49. The minimum atomic E-state index is -0.715. The summed E-state index contributed by atoms with van der Waals surface area (Å²) in [6, 6.07) is 21.1. The van der Waals surface area contributed by atoms with E-state index in [4.69, 9.17) is 26.1 Å². The van der Waals surface area contributed by atoms with E-state index in [0.29, 0.717) is 55.0 Å². The van der Waals surface area contributed by atoms with Crippen LogP contribution in [0.2, 0.25) is 5.02 Å². The number of carbonyl (C=O) groups is 1. The Bertz CT molecular complexity index is 1760. The summed E-state index contributed by atoms with van der Waals surface area (Å²) in [6.07, 6.45) is 1.76. The number of amides is 1. The summed E-state index contributed by atoms with van der Waals surface area (Å²) >= 11 is 7.51. The van der Waals surface area contributed by atoms with Crippen molar-refractivity contribution in [2.45, 2.75) is 19.9 Å². The number of nitrogens with one attached hydrogen (secondary N) is 1. The van der Waals surface area contributed by atoms with Gasteiger partial charge in [-0.15, -0.1) is 0 Å². The summed E-state index contributed by atoms with van der Waals surface area (Å²) in [5.74, 6) is 0.904. The average Bonchev–Trinajstić information content (AvgIpc) is 3.24. The first-order valence-corrected chi connectivity index (χ1v) is 13.5. The molecule has 0 saturated carbocycles. The van der Waals surface area contributed by atoms with Gasteiger partial charge >= 0.3 is 0 Å². The molecule has 3 aromatic carbocycles. The van der Waals surface area contributed by atoms with Crippen LogP contribution in [0.5, 0.6) is 11.5 Å². The molecule has 0 bridgehead atoms. The molecule has 1 amide bonds. The van der Waals surface area contributed by atoms with Crippen molar-refractivity contribution in [2.75, 3.05) is 19.0 Å². The van der Waals surface area contributed by atoms with Gasteiger partial charge in [0.1, 0.15) is 11.5 Å². The number of thiazole rings is 1. The third-order valence-corrected chi connectivity index (χ3v) is 7.48. The van der Waals surface area contributed by atoms with Gasteiger partial charge in [0.05, 0.1) is 35.6 Å². The molecule has 9 heteroatoms. The lowest BCUT2D eigenvalue weighted by Gasteiger charge is -2.25. The van der Waals surface area contributed by atoms with E-state index in [2.05, 4.69) is 5.32 Å². The first-order valence-electron chi connectivity index (χ1n) is 12.3. The van der Waals surface area contributed by atoms with Crippen LogP contribution in [0.3, 0.4) is 0 Å². The second kappa shape index (κ2) is 11.3. The highest BCUT2D eigenvalue weighted by molar-refractivity contribution is 7.07. The number of carbonyl (C=O) groups excluding carboxylic acids is 1. The zero-order valence-corrected chi connectivity index (χ0v) is 23.2. The van der Waals surface area contributed by atoms with Crippen LogP contribution >= 0.6 is 22.9 Å². The second-order valence-corrected chi connectivity index (χ2v) is 10.2. The van der Waals surface area contributed by atoms with Crippen LogP contribution in [0.15, 0.2) is 93.9 Å². The van der Waals surface area contributed by atoms with Gasteiger partial charge in [0.25, 0.3) is 11.5 Å². The highest BCUT2D eigenvalue weighted by Crippen LogP contribution is 2.32. The molecular formula is C30H26ClN3O4S. The van der Waals surface area contributed by atoms with Crippen molar-refractivity contribution in [3.63, 3.8) is 0 Å². The fraction of sp³-hybridized carbons (Fsp3) is 0.167. The predicted molar refractivity (Wildman–Crippen MR) is 154 cm³/mol. The Morgan fingerprint density at radius 2 is 1.92 bits per heavy atom. The number of para-hydroxylation sites is 1. The van der Waals surface area contributed by atoms with Gasteiger partial charge in [-0.1, -0.05) is 53.3 Å². The number of halogens is 1. The lowest BCUT2D eigenvalue weighted by Crippen LogP contribution is -2.40. The topological polar surface area (TPSA) is 81.9 Å². The number of hydrogen-bond donors (Lipinski definition) is 1. The number of aromatic nitrogens is 1. The fourth-order valence-corrected chi connectivity index (χ4v) is 5.74. The number of ether oxygens (including phenoxy) is 2. The fourth-order valence-electron chi connectivity index (χ4n) is 4.52. The maximum Gasteiger partial charge on any atom is 0.271 e. The van der Waals surface area contributed by atoms with Crippen LogP contribution in [0.1, 0.15) is 31.0 Å². The number of benzene rings is 3. The Labute approximate surface area is 234 Å². The van der Waals surface area contributed by atoms with Crippen LogP contribution in [-0.4, -0.2) is 24.2 Å². The summed E-state index contributed by atoms with van der Waals surface area (Å²) < 4.78 is 13.2. The van der Waals surface area contributed by atoms with Crippen molar-refractivity contribution in [1.29, 1.82) is 0 Å². The van der Waals surface area contributed by atoms with E-state index < -0.39 is 6.04 Å². The number of nitrogens with zero attached hydrogens (tertiary/aromatic N) is 2. The van der Waals surface area contributed by atoms with Crippen LogP contribution in [0, 0.1) is 0 Å². The molecule has 1 aliphatic heterocycles. The predicted octanol–water partition coefficient (Wildman–Crippen LogP) is 4.93. The minimum Gasteiger partial charge on any atom is -0.497 e. The summed E-state index contributed by atoms with van der Waals surface area (Å²) in [6.45, 7) is 4.15. The van der Waals surface area contributed by atoms with Crippen LogP contribution in [0.25, 0.3) is 6.08 Å². The zero-order chi connectivity index (χ0) is 27.5. The molecule has 4 aromatic rings. The normalized spacial score (nSPS) is 15.0. The number of methoxy groups -OCH3 is 1. The van der Waals surface area contributed by atoms with Crippen molar-refractivity contribution < 1.29 is 14.3 Å². The van der Waals surface area contributed by atoms with Gasteiger partial charge in [-0.05, 0) is 68.0 Å². The molecule has 0 spiro atoms. The Balaban J connectivity index is 1.70. The molecule has 0 aliphatic carbocycles. The zero-order valence-electron chi connectivity index (χ0n) is 21.6. The smallest absolute Gasteiger partial charge is 0.271 e. The van der Waals surface area contributed by atoms with E-state index in [1.807, 2.05) is 61.5 Å². The Morgan fingerprint density at radius 1 is 1.13 bits per heavy atom. The summed E-state index contributed by atoms with van der Waals surface area (Å²) in [5.41, 5.74) is 2.70. The number of hydrogen-bond acceptors (Lipinski definition) is 6. The first-order chi connectivity index (χ1) is 18.9. The molecule has 39 heavy (non-hydrogen) atoms. The van der Waals surface area contributed by atoms with Gasteiger partial charge in [0.2, 0.25) is 0 Å². The molecular weight excluding hydrogens is 534 g/mol. The Morgan fingerprint density at radius 3 is 2.67 bits per heavy atom. The van der Waals surface area contributed by atoms with Gasteiger partial charge < -0.3 is 14.8 Å². The van der Waals surface area contributed by atoms with Gasteiger partial charge in [0, 0.05) is 16.3 Å². The second-order valence-electron chi connectivity index (χ2n) is 8.79. The van der Waals surface area contributed by atoms with E-state index in [1.54, 1.807) is 42.9 Å². The molecule has 2 heterocycles. The van der Waals surface area contributed by atoms with Crippen molar-refractivity contribution >= 4 is 40.6 Å². The van der Waals surface area contributed by atoms with Gasteiger partial charge in [-0.3, -0.25) is 14.2 Å². The Kier molecular flexibility index (Phi) is 7.67. The minimum absolute atomic E-state index is 0.272. The molecule has 0 saturated heterocycles. The summed E-state index contributed by atoms with van der Waals surface area (Å²) in [4.78, 5) is 32.8. The molecule has 1 aromatic heterocycles. The molecule has 1 N–H and O–H groups in total. The van der Waals surface area contributed by atoms with Crippen molar-refractivity contribution in [3.8, 4) is 11.5 Å². The molecule has 1 atom stereocenters. The molecule has 1 aliphatic rings. The first kappa shape index (κ1) is 26.5. The van der Waals surface area contributed by atoms with E-state index in [0.717, 1.165) is 5.56 Å². The van der Waals surface area contributed by atoms with E-state index >= 15 is 0 Å². The largest absolute Gasteiger partial charge is 0.497 e. The Hall–Kier alpha value is -4.14. The SMILES string of the molecule is CCOc1ccc(Cl)cc1/C=c1\sc2n(c1=O)[C@H](c1cccc(OC)c1)C(C(=O)Nc1ccccc1)=C(C)N=2. The number of allylic oxidation sites excluding steroid dienone is 1. The van der Waals surface area contributed by atoms with E-state index in [-0.39, 0.29) is 11.5 Å². The molecule has 5 rings (SSSR count). The number of fused-ring (bicyclic) bond motifs is 1. The van der Waals surface area contributed by atoms with Crippen molar-refractivity contribution in [2.24, 2.45) is 4.99 Å². The molecule has 0 fully saturated rings. The maximum atomic E-state index is 14.0. The average molecular weight is 560 g/mol. The van der Waals surface area contributed by atoms with Crippen LogP contribution in [0.4, 0.5) is 5.69 Å². The van der Waals surface area contributed by atoms with Gasteiger partial charge in [-0.2, -0.15) is 0 Å². The van der Waals surface area contributed by atoms with Gasteiger partial charge in [-0.25, -0.2) is 4.99 Å². The van der Waals surface area contributed by atoms with Crippen molar-refractivity contribution in [3.05, 3.63) is 120 Å². The van der Waals surface area contributed by atoms with E-state index in [9.17, 15) is 9.59 Å². The number of rotatable bonds is 7. The number of anilines is 1. The van der Waals surface area contributed by atoms with Crippen molar-refractivity contribution in [1.82, 2.24) is 4.57 Å². The highest BCUT2D eigenvalue weighted by Gasteiger charge is 2.32. The van der Waals surface area contributed by atoms with Crippen LogP contribution in [-0.2, 0) is 4.79 Å². The molecule has 7 nitrogen and oxygen atoms in total. The summed E-state index contributed by atoms with van der Waals surface area (Å²) in [7, 11) is 1.58. The lowest BCUT2D eigenvalue weighted by atomic mass is 9.95. The van der Waals surface area contributed by atoms with E-state index in [1.165, 1.54) is 11.3 Å². The maximum absolute atomic E-state index is 14.0. The molecule has 198 valence electrons. The standard InChI is InChI=1S/C30H26ClN3O4S/c1-4-38-24-14-13-21(31)15-20(24)17-25-29(36)34-27(19-9-8-12-23(16-19)37-3)26(18(2)32-30(34)39-25)28(35)33-22-10-6-5-7-11-22/h5-17,27H,4H2,1-3H3,(H,33,35)/b25-17-/t27-/m1/s1.